The number of hydroxylamine groups is 2. The van der Waals surface area contributed by atoms with Crippen LogP contribution < -0.4 is 0 Å². The highest BCUT2D eigenvalue weighted by Crippen LogP contribution is 2.23. The molecule has 1 heterocycles. The zero-order valence-electron chi connectivity index (χ0n) is 10.1. The van der Waals surface area contributed by atoms with E-state index in [2.05, 4.69) is 4.84 Å². The first-order valence-electron chi connectivity index (χ1n) is 5.68. The van der Waals surface area contributed by atoms with Gasteiger partial charge in [-0.15, -0.1) is 5.06 Å². The molecule has 0 spiro atoms. The molecule has 0 bridgehead atoms. The van der Waals surface area contributed by atoms with Gasteiger partial charge in [-0.3, -0.25) is 9.59 Å². The monoisotopic (exact) mass is 313 g/mol. The molecule has 0 saturated carbocycles. The molecule has 0 aromatic heterocycles. The Labute approximate surface area is 124 Å². The second-order valence-electron chi connectivity index (χ2n) is 4.00. The standard InChI is InChI=1S/C13H9Cl2NO4/c14-9-3-1-8(7-10(9)15)2-6-13(19)20-16-11(17)4-5-12(16)18/h1-3,6-7H,4-5H2/b6-2+. The second kappa shape index (κ2) is 6.07. The van der Waals surface area contributed by atoms with Gasteiger partial charge in [-0.2, -0.15) is 0 Å². The topological polar surface area (TPSA) is 63.7 Å². The Balaban J connectivity index is 2.00. The van der Waals surface area contributed by atoms with Crippen LogP contribution in [-0.4, -0.2) is 22.8 Å². The highest BCUT2D eigenvalue weighted by molar-refractivity contribution is 6.42. The lowest BCUT2D eigenvalue weighted by atomic mass is 10.2. The molecule has 20 heavy (non-hydrogen) atoms. The Morgan fingerprint density at radius 3 is 2.40 bits per heavy atom. The third kappa shape index (κ3) is 3.37. The van der Waals surface area contributed by atoms with E-state index in [9.17, 15) is 14.4 Å². The molecule has 1 aromatic rings. The first-order chi connectivity index (χ1) is 9.47. The molecule has 1 aliphatic rings. The molecule has 104 valence electrons. The van der Waals surface area contributed by atoms with Crippen molar-refractivity contribution in [1.29, 1.82) is 0 Å². The largest absolute Gasteiger partial charge is 0.356 e. The van der Waals surface area contributed by atoms with Crippen LogP contribution in [-0.2, 0) is 19.2 Å². The Kier molecular flexibility index (Phi) is 4.42. The molecular weight excluding hydrogens is 305 g/mol. The molecule has 0 aliphatic carbocycles. The lowest BCUT2D eigenvalue weighted by molar-refractivity contribution is -0.193. The van der Waals surface area contributed by atoms with Gasteiger partial charge in [0, 0.05) is 18.9 Å². The summed E-state index contributed by atoms with van der Waals surface area (Å²) in [5.41, 5.74) is 0.635. The van der Waals surface area contributed by atoms with Crippen molar-refractivity contribution in [3.05, 3.63) is 39.9 Å². The molecule has 0 atom stereocenters. The van der Waals surface area contributed by atoms with Crippen LogP contribution in [0.5, 0.6) is 0 Å². The first-order valence-corrected chi connectivity index (χ1v) is 6.44. The van der Waals surface area contributed by atoms with Crippen molar-refractivity contribution in [1.82, 2.24) is 5.06 Å². The molecule has 2 rings (SSSR count). The van der Waals surface area contributed by atoms with Gasteiger partial charge in [-0.1, -0.05) is 29.3 Å². The predicted molar refractivity (Wildman–Crippen MR) is 72.7 cm³/mol. The number of amides is 2. The van der Waals surface area contributed by atoms with E-state index in [1.54, 1.807) is 18.2 Å². The summed E-state index contributed by atoms with van der Waals surface area (Å²) < 4.78 is 0. The van der Waals surface area contributed by atoms with Gasteiger partial charge >= 0.3 is 5.97 Å². The minimum Gasteiger partial charge on any atom is -0.326 e. The smallest absolute Gasteiger partial charge is 0.326 e. The number of rotatable bonds is 3. The Bertz CT molecular complexity index is 596. The third-order valence-electron chi connectivity index (χ3n) is 2.54. The maximum absolute atomic E-state index is 11.5. The predicted octanol–water partition coefficient (Wildman–Crippen LogP) is 2.61. The highest BCUT2D eigenvalue weighted by atomic mass is 35.5. The van der Waals surface area contributed by atoms with E-state index in [0.717, 1.165) is 6.08 Å². The highest BCUT2D eigenvalue weighted by Gasteiger charge is 2.32. The summed E-state index contributed by atoms with van der Waals surface area (Å²) in [6.07, 6.45) is 2.65. The van der Waals surface area contributed by atoms with Crippen molar-refractivity contribution < 1.29 is 19.2 Å². The number of halogens is 2. The summed E-state index contributed by atoms with van der Waals surface area (Å²) in [6, 6.07) is 4.81. The molecule has 0 radical (unpaired) electrons. The van der Waals surface area contributed by atoms with Crippen LogP contribution in [0.4, 0.5) is 0 Å². The molecule has 0 unspecified atom stereocenters. The van der Waals surface area contributed by atoms with E-state index in [0.29, 0.717) is 20.7 Å². The van der Waals surface area contributed by atoms with Crippen molar-refractivity contribution in [2.24, 2.45) is 0 Å². The number of hydrogen-bond donors (Lipinski definition) is 0. The van der Waals surface area contributed by atoms with Gasteiger partial charge < -0.3 is 4.84 Å². The Morgan fingerprint density at radius 2 is 1.80 bits per heavy atom. The van der Waals surface area contributed by atoms with E-state index >= 15 is 0 Å². The van der Waals surface area contributed by atoms with E-state index in [-0.39, 0.29) is 12.8 Å². The third-order valence-corrected chi connectivity index (χ3v) is 3.28. The zero-order valence-corrected chi connectivity index (χ0v) is 11.6. The average Bonchev–Trinajstić information content (AvgIpc) is 2.72. The zero-order chi connectivity index (χ0) is 14.7. The summed E-state index contributed by atoms with van der Waals surface area (Å²) in [5, 5.41) is 1.24. The summed E-state index contributed by atoms with van der Waals surface area (Å²) in [7, 11) is 0. The fourth-order valence-electron chi connectivity index (χ4n) is 1.56. The van der Waals surface area contributed by atoms with Gasteiger partial charge in [0.2, 0.25) is 0 Å². The summed E-state index contributed by atoms with van der Waals surface area (Å²) in [5.74, 6) is -1.86. The van der Waals surface area contributed by atoms with Crippen LogP contribution >= 0.6 is 23.2 Å². The van der Waals surface area contributed by atoms with Gasteiger partial charge in [0.25, 0.3) is 11.8 Å². The lowest BCUT2D eigenvalue weighted by Crippen LogP contribution is -2.31. The van der Waals surface area contributed by atoms with Gasteiger partial charge in [0.05, 0.1) is 10.0 Å². The van der Waals surface area contributed by atoms with Crippen molar-refractivity contribution in [2.45, 2.75) is 12.8 Å². The summed E-state index contributed by atoms with van der Waals surface area (Å²) in [4.78, 5) is 38.7. The summed E-state index contributed by atoms with van der Waals surface area (Å²) in [6.45, 7) is 0. The molecule has 2 amide bonds. The number of benzene rings is 1. The normalized spacial score (nSPS) is 15.2. The molecule has 1 aliphatic heterocycles. The van der Waals surface area contributed by atoms with Gasteiger partial charge in [0.1, 0.15) is 0 Å². The number of nitrogens with zero attached hydrogens (tertiary/aromatic N) is 1. The second-order valence-corrected chi connectivity index (χ2v) is 4.81. The summed E-state index contributed by atoms with van der Waals surface area (Å²) >= 11 is 11.6. The maximum Gasteiger partial charge on any atom is 0.356 e. The first kappa shape index (κ1) is 14.6. The SMILES string of the molecule is O=C(/C=C/c1ccc(Cl)c(Cl)c1)ON1C(=O)CCC1=O. The number of imide groups is 1. The fraction of sp³-hybridized carbons (Fsp3) is 0.154. The minimum absolute atomic E-state index is 0.0582. The number of carbonyl (C=O) groups excluding carboxylic acids is 3. The van der Waals surface area contributed by atoms with Crippen LogP contribution in [0.25, 0.3) is 6.08 Å². The minimum atomic E-state index is -0.820. The van der Waals surface area contributed by atoms with E-state index < -0.39 is 17.8 Å². The van der Waals surface area contributed by atoms with Crippen molar-refractivity contribution in [2.75, 3.05) is 0 Å². The van der Waals surface area contributed by atoms with Crippen LogP contribution in [0.1, 0.15) is 18.4 Å². The fourth-order valence-corrected chi connectivity index (χ4v) is 1.87. The van der Waals surface area contributed by atoms with Crippen LogP contribution in [0.15, 0.2) is 24.3 Å². The lowest BCUT2D eigenvalue weighted by Gasteiger charge is -2.10. The molecular formula is C13H9Cl2NO4. The van der Waals surface area contributed by atoms with Crippen LogP contribution in [0, 0.1) is 0 Å². The maximum atomic E-state index is 11.5. The van der Waals surface area contributed by atoms with Crippen molar-refractivity contribution >= 4 is 47.1 Å². The van der Waals surface area contributed by atoms with E-state index in [1.807, 2.05) is 0 Å². The van der Waals surface area contributed by atoms with Gasteiger partial charge in [-0.05, 0) is 23.8 Å². The van der Waals surface area contributed by atoms with Gasteiger partial charge in [0.15, 0.2) is 0 Å². The Morgan fingerprint density at radius 1 is 1.15 bits per heavy atom. The average molecular weight is 314 g/mol. The molecule has 7 heteroatoms. The van der Waals surface area contributed by atoms with E-state index in [4.69, 9.17) is 23.2 Å². The molecule has 1 aromatic carbocycles. The molecule has 0 N–H and O–H groups in total. The molecule has 1 fully saturated rings. The van der Waals surface area contributed by atoms with Crippen LogP contribution in [0.2, 0.25) is 10.0 Å². The van der Waals surface area contributed by atoms with Crippen molar-refractivity contribution in [3.63, 3.8) is 0 Å². The quantitative estimate of drug-likeness (QED) is 0.635. The van der Waals surface area contributed by atoms with E-state index in [1.165, 1.54) is 6.08 Å². The van der Waals surface area contributed by atoms with Gasteiger partial charge in [-0.25, -0.2) is 4.79 Å². The number of hydrogen-bond acceptors (Lipinski definition) is 4. The number of carbonyl (C=O) groups is 3. The molecule has 5 nitrogen and oxygen atoms in total. The Hall–Kier alpha value is -1.85. The van der Waals surface area contributed by atoms with Crippen LogP contribution in [0.3, 0.4) is 0 Å². The molecule has 1 saturated heterocycles. The van der Waals surface area contributed by atoms with Crippen molar-refractivity contribution in [3.8, 4) is 0 Å².